The first-order valence-electron chi connectivity index (χ1n) is 6.73. The highest BCUT2D eigenvalue weighted by Crippen LogP contribution is 2.18. The summed E-state index contributed by atoms with van der Waals surface area (Å²) in [5.74, 6) is 0.0490. The average Bonchev–Trinajstić information content (AvgIpc) is 2.37. The molecule has 0 aromatic heterocycles. The zero-order chi connectivity index (χ0) is 14.3. The van der Waals surface area contributed by atoms with E-state index in [9.17, 15) is 4.79 Å². The van der Waals surface area contributed by atoms with Gasteiger partial charge < -0.3 is 9.84 Å². The second-order valence-corrected chi connectivity index (χ2v) is 4.90. The summed E-state index contributed by atoms with van der Waals surface area (Å²) in [6.45, 7) is 7.01. The van der Waals surface area contributed by atoms with E-state index in [1.165, 1.54) is 0 Å². The van der Waals surface area contributed by atoms with Gasteiger partial charge in [0, 0.05) is 12.1 Å². The molecule has 1 rings (SSSR count). The molecule has 0 aliphatic heterocycles. The third kappa shape index (κ3) is 4.91. The molecule has 0 saturated carbocycles. The van der Waals surface area contributed by atoms with E-state index >= 15 is 0 Å². The van der Waals surface area contributed by atoms with E-state index in [2.05, 4.69) is 12.2 Å². The van der Waals surface area contributed by atoms with Crippen molar-refractivity contribution >= 4 is 5.97 Å². The van der Waals surface area contributed by atoms with Crippen LogP contribution in [0.3, 0.4) is 0 Å². The molecular formula is C15H23NO3. The lowest BCUT2D eigenvalue weighted by Crippen LogP contribution is -2.40. The van der Waals surface area contributed by atoms with Crippen molar-refractivity contribution in [2.24, 2.45) is 5.92 Å². The van der Waals surface area contributed by atoms with E-state index in [-0.39, 0.29) is 5.92 Å². The summed E-state index contributed by atoms with van der Waals surface area (Å²) in [4.78, 5) is 11.1. The zero-order valence-electron chi connectivity index (χ0n) is 11.8. The van der Waals surface area contributed by atoms with E-state index in [1.807, 2.05) is 38.1 Å². The van der Waals surface area contributed by atoms with Gasteiger partial charge in [-0.3, -0.25) is 10.1 Å². The first-order chi connectivity index (χ1) is 9.06. The average molecular weight is 265 g/mol. The van der Waals surface area contributed by atoms with E-state index in [4.69, 9.17) is 9.84 Å². The second kappa shape index (κ2) is 7.79. The van der Waals surface area contributed by atoms with Crippen molar-refractivity contribution in [2.45, 2.75) is 39.8 Å². The largest absolute Gasteiger partial charge is 0.493 e. The Morgan fingerprint density at radius 1 is 1.37 bits per heavy atom. The lowest BCUT2D eigenvalue weighted by molar-refractivity contribution is -0.140. The minimum Gasteiger partial charge on any atom is -0.493 e. The Bertz CT molecular complexity index is 404. The number of ether oxygens (including phenoxy) is 1. The van der Waals surface area contributed by atoms with Crippen molar-refractivity contribution in [1.82, 2.24) is 5.32 Å². The standard InChI is InChI=1S/C15H23NO3/c1-4-9-19-13-8-6-5-7-12(13)10-16-14(11(2)3)15(17)18/h5-8,11,14,16H,4,9-10H2,1-3H3,(H,17,18). The van der Waals surface area contributed by atoms with Gasteiger partial charge in [-0.15, -0.1) is 0 Å². The number of carboxylic acids is 1. The van der Waals surface area contributed by atoms with Crippen molar-refractivity contribution < 1.29 is 14.6 Å². The van der Waals surface area contributed by atoms with Gasteiger partial charge in [-0.1, -0.05) is 39.0 Å². The summed E-state index contributed by atoms with van der Waals surface area (Å²) < 4.78 is 5.65. The molecule has 4 heteroatoms. The van der Waals surface area contributed by atoms with Crippen LogP contribution in [0.15, 0.2) is 24.3 Å². The van der Waals surface area contributed by atoms with Gasteiger partial charge in [0.2, 0.25) is 0 Å². The summed E-state index contributed by atoms with van der Waals surface area (Å²) in [5, 5.41) is 12.2. The Morgan fingerprint density at radius 2 is 2.05 bits per heavy atom. The summed E-state index contributed by atoms with van der Waals surface area (Å²) in [5.41, 5.74) is 0.989. The summed E-state index contributed by atoms with van der Waals surface area (Å²) in [7, 11) is 0. The maximum atomic E-state index is 11.1. The minimum absolute atomic E-state index is 0.0428. The number of carboxylic acid groups (broad SMARTS) is 1. The fourth-order valence-corrected chi connectivity index (χ4v) is 1.83. The molecule has 0 aliphatic rings. The second-order valence-electron chi connectivity index (χ2n) is 4.90. The van der Waals surface area contributed by atoms with Crippen LogP contribution in [-0.4, -0.2) is 23.7 Å². The van der Waals surface area contributed by atoms with Crippen LogP contribution in [0.5, 0.6) is 5.75 Å². The number of hydrogen-bond donors (Lipinski definition) is 2. The normalized spacial score (nSPS) is 12.4. The number of para-hydroxylation sites is 1. The van der Waals surface area contributed by atoms with Gasteiger partial charge in [0.05, 0.1) is 6.61 Å². The lowest BCUT2D eigenvalue weighted by Gasteiger charge is -2.19. The number of benzene rings is 1. The highest BCUT2D eigenvalue weighted by Gasteiger charge is 2.20. The fraction of sp³-hybridized carbons (Fsp3) is 0.533. The molecule has 0 bridgehead atoms. The van der Waals surface area contributed by atoms with Crippen LogP contribution in [0.25, 0.3) is 0 Å². The SMILES string of the molecule is CCCOc1ccccc1CNC(C(=O)O)C(C)C. The van der Waals surface area contributed by atoms with Gasteiger partial charge in [-0.25, -0.2) is 0 Å². The first kappa shape index (κ1) is 15.5. The molecule has 2 N–H and O–H groups in total. The lowest BCUT2D eigenvalue weighted by atomic mass is 10.0. The summed E-state index contributed by atoms with van der Waals surface area (Å²) in [6, 6.07) is 7.18. The van der Waals surface area contributed by atoms with Crippen molar-refractivity contribution in [3.8, 4) is 5.75 Å². The Balaban J connectivity index is 2.68. The molecule has 1 atom stereocenters. The van der Waals surface area contributed by atoms with Gasteiger partial charge in [0.1, 0.15) is 11.8 Å². The minimum atomic E-state index is -0.818. The summed E-state index contributed by atoms with van der Waals surface area (Å²) >= 11 is 0. The van der Waals surface area contributed by atoms with Crippen LogP contribution in [0.4, 0.5) is 0 Å². The highest BCUT2D eigenvalue weighted by atomic mass is 16.5. The molecule has 0 radical (unpaired) electrons. The van der Waals surface area contributed by atoms with Crippen LogP contribution >= 0.6 is 0 Å². The topological polar surface area (TPSA) is 58.6 Å². The fourth-order valence-electron chi connectivity index (χ4n) is 1.83. The molecule has 0 fully saturated rings. The number of nitrogens with one attached hydrogen (secondary N) is 1. The van der Waals surface area contributed by atoms with Crippen LogP contribution in [0.1, 0.15) is 32.8 Å². The number of aliphatic carboxylic acids is 1. The number of rotatable bonds is 8. The van der Waals surface area contributed by atoms with Gasteiger partial charge in [-0.2, -0.15) is 0 Å². The van der Waals surface area contributed by atoms with Crippen molar-refractivity contribution in [1.29, 1.82) is 0 Å². The van der Waals surface area contributed by atoms with Crippen molar-refractivity contribution in [3.63, 3.8) is 0 Å². The van der Waals surface area contributed by atoms with Gasteiger partial charge in [-0.05, 0) is 18.4 Å². The monoisotopic (exact) mass is 265 g/mol. The smallest absolute Gasteiger partial charge is 0.320 e. The molecular weight excluding hydrogens is 242 g/mol. The predicted molar refractivity (Wildman–Crippen MR) is 75.3 cm³/mol. The molecule has 0 spiro atoms. The Kier molecular flexibility index (Phi) is 6.36. The van der Waals surface area contributed by atoms with E-state index in [0.29, 0.717) is 13.2 Å². The predicted octanol–water partition coefficient (Wildman–Crippen LogP) is 2.67. The molecule has 1 aromatic carbocycles. The number of hydrogen-bond acceptors (Lipinski definition) is 3. The van der Waals surface area contributed by atoms with Crippen molar-refractivity contribution in [2.75, 3.05) is 6.61 Å². The number of carbonyl (C=O) groups is 1. The van der Waals surface area contributed by atoms with Crippen LogP contribution in [0, 0.1) is 5.92 Å². The van der Waals surface area contributed by atoms with E-state index in [1.54, 1.807) is 0 Å². The third-order valence-corrected chi connectivity index (χ3v) is 2.88. The Morgan fingerprint density at radius 3 is 2.63 bits per heavy atom. The Hall–Kier alpha value is -1.55. The zero-order valence-corrected chi connectivity index (χ0v) is 11.8. The van der Waals surface area contributed by atoms with E-state index < -0.39 is 12.0 Å². The van der Waals surface area contributed by atoms with Gasteiger partial charge >= 0.3 is 5.97 Å². The molecule has 1 aromatic rings. The molecule has 0 aliphatic carbocycles. The first-order valence-corrected chi connectivity index (χ1v) is 6.73. The molecule has 19 heavy (non-hydrogen) atoms. The van der Waals surface area contributed by atoms with Crippen LogP contribution in [0.2, 0.25) is 0 Å². The van der Waals surface area contributed by atoms with Crippen molar-refractivity contribution in [3.05, 3.63) is 29.8 Å². The van der Waals surface area contributed by atoms with Crippen LogP contribution < -0.4 is 10.1 Å². The molecule has 0 heterocycles. The van der Waals surface area contributed by atoms with E-state index in [0.717, 1.165) is 17.7 Å². The van der Waals surface area contributed by atoms with Gasteiger partial charge in [0.15, 0.2) is 0 Å². The molecule has 4 nitrogen and oxygen atoms in total. The molecule has 0 amide bonds. The quantitative estimate of drug-likeness (QED) is 0.758. The van der Waals surface area contributed by atoms with Gasteiger partial charge in [0.25, 0.3) is 0 Å². The van der Waals surface area contributed by atoms with Crippen LogP contribution in [-0.2, 0) is 11.3 Å². The molecule has 1 unspecified atom stereocenters. The molecule has 106 valence electrons. The third-order valence-electron chi connectivity index (χ3n) is 2.88. The highest BCUT2D eigenvalue weighted by molar-refractivity contribution is 5.73. The molecule has 0 saturated heterocycles. The maximum Gasteiger partial charge on any atom is 0.320 e. The maximum absolute atomic E-state index is 11.1. The summed E-state index contributed by atoms with van der Waals surface area (Å²) in [6.07, 6.45) is 0.950. The Labute approximate surface area is 114 Å².